The first-order valence-corrected chi connectivity index (χ1v) is 5.49. The molecular weight excluding hydrogens is 172 g/mol. The molecule has 0 aliphatic heterocycles. The fourth-order valence-electron chi connectivity index (χ4n) is 1.90. The maximum Gasteiger partial charge on any atom is 0.0306 e. The van der Waals surface area contributed by atoms with E-state index in [9.17, 15) is 0 Å². The van der Waals surface area contributed by atoms with Crippen LogP contribution in [0.3, 0.4) is 0 Å². The Hall–Kier alpha value is -0.890. The lowest BCUT2D eigenvalue weighted by molar-refractivity contribution is 0.570. The van der Waals surface area contributed by atoms with E-state index in [1.54, 1.807) is 0 Å². The van der Waals surface area contributed by atoms with Crippen LogP contribution in [0.5, 0.6) is 0 Å². The fraction of sp³-hybridized carbons (Fsp3) is 0.583. The second-order valence-corrected chi connectivity index (χ2v) is 4.20. The second-order valence-electron chi connectivity index (χ2n) is 4.20. The number of nitrogens with one attached hydrogen (secondary N) is 1. The van der Waals surface area contributed by atoms with Gasteiger partial charge in [0.2, 0.25) is 0 Å². The van der Waals surface area contributed by atoms with E-state index in [1.807, 2.05) is 18.5 Å². The average Bonchev–Trinajstić information content (AvgIpc) is 3.01. The first-order valence-electron chi connectivity index (χ1n) is 5.49. The molecule has 0 unspecified atom stereocenters. The summed E-state index contributed by atoms with van der Waals surface area (Å²) in [6.07, 6.45) is 7.70. The molecule has 0 radical (unpaired) electrons. The minimum Gasteiger partial charge on any atom is -0.316 e. The molecule has 1 saturated carbocycles. The monoisotopic (exact) mass is 190 g/mol. The van der Waals surface area contributed by atoms with Gasteiger partial charge in [0.1, 0.15) is 0 Å². The highest BCUT2D eigenvalue weighted by Gasteiger charge is 2.43. The highest BCUT2D eigenvalue weighted by atomic mass is 14.9. The molecule has 2 nitrogen and oxygen atoms in total. The molecule has 0 aromatic carbocycles. The van der Waals surface area contributed by atoms with Gasteiger partial charge in [-0.1, -0.05) is 13.0 Å². The van der Waals surface area contributed by atoms with E-state index in [0.29, 0.717) is 5.41 Å². The molecule has 1 aliphatic carbocycles. The molecule has 2 heteroatoms. The Bertz CT molecular complexity index is 278. The summed E-state index contributed by atoms with van der Waals surface area (Å²) in [6, 6.07) is 4.24. The minimum absolute atomic E-state index is 0.420. The van der Waals surface area contributed by atoms with Crippen LogP contribution >= 0.6 is 0 Å². The highest BCUT2D eigenvalue weighted by molar-refractivity contribution is 5.29. The summed E-state index contributed by atoms with van der Waals surface area (Å²) in [5, 5.41) is 3.51. The standard InChI is InChI=1S/C12H18N2/c1-2-7-14-10-12(5-6-12)11-4-3-8-13-9-11/h3-4,8-9,14H,2,5-7,10H2,1H3. The predicted molar refractivity (Wildman–Crippen MR) is 58.3 cm³/mol. The highest BCUT2D eigenvalue weighted by Crippen LogP contribution is 2.47. The molecule has 1 fully saturated rings. The van der Waals surface area contributed by atoms with E-state index in [4.69, 9.17) is 0 Å². The largest absolute Gasteiger partial charge is 0.316 e. The Morgan fingerprint density at radius 2 is 2.36 bits per heavy atom. The summed E-state index contributed by atoms with van der Waals surface area (Å²) >= 11 is 0. The number of rotatable bonds is 5. The van der Waals surface area contributed by atoms with Crippen molar-refractivity contribution in [2.75, 3.05) is 13.1 Å². The molecule has 0 spiro atoms. The molecule has 1 aromatic heterocycles. The lowest BCUT2D eigenvalue weighted by atomic mass is 9.98. The van der Waals surface area contributed by atoms with E-state index in [0.717, 1.165) is 13.1 Å². The van der Waals surface area contributed by atoms with Gasteiger partial charge in [0, 0.05) is 24.4 Å². The molecule has 2 rings (SSSR count). The zero-order valence-electron chi connectivity index (χ0n) is 8.79. The van der Waals surface area contributed by atoms with Crippen molar-refractivity contribution in [3.63, 3.8) is 0 Å². The number of hydrogen-bond donors (Lipinski definition) is 1. The van der Waals surface area contributed by atoms with Gasteiger partial charge in [0.05, 0.1) is 0 Å². The van der Waals surface area contributed by atoms with Gasteiger partial charge >= 0.3 is 0 Å². The van der Waals surface area contributed by atoms with Crippen molar-refractivity contribution in [3.8, 4) is 0 Å². The number of nitrogens with zero attached hydrogens (tertiary/aromatic N) is 1. The summed E-state index contributed by atoms with van der Waals surface area (Å²) in [5.74, 6) is 0. The fourth-order valence-corrected chi connectivity index (χ4v) is 1.90. The first-order chi connectivity index (χ1) is 6.87. The van der Waals surface area contributed by atoms with Gasteiger partial charge in [0.15, 0.2) is 0 Å². The number of aromatic nitrogens is 1. The Labute approximate surface area is 85.7 Å². The lowest BCUT2D eigenvalue weighted by Crippen LogP contribution is -2.27. The van der Waals surface area contributed by atoms with Crippen molar-refractivity contribution in [2.24, 2.45) is 0 Å². The third kappa shape index (κ3) is 1.95. The van der Waals surface area contributed by atoms with Crippen LogP contribution in [0.15, 0.2) is 24.5 Å². The quantitative estimate of drug-likeness (QED) is 0.719. The lowest BCUT2D eigenvalue weighted by Gasteiger charge is -2.15. The van der Waals surface area contributed by atoms with Crippen LogP contribution in [0.2, 0.25) is 0 Å². The third-order valence-corrected chi connectivity index (χ3v) is 3.02. The van der Waals surface area contributed by atoms with E-state index < -0.39 is 0 Å². The van der Waals surface area contributed by atoms with Crippen molar-refractivity contribution in [2.45, 2.75) is 31.6 Å². The molecule has 1 N–H and O–H groups in total. The van der Waals surface area contributed by atoms with Crippen LogP contribution in [0.25, 0.3) is 0 Å². The molecule has 76 valence electrons. The van der Waals surface area contributed by atoms with Crippen LogP contribution in [-0.4, -0.2) is 18.1 Å². The Balaban J connectivity index is 1.96. The van der Waals surface area contributed by atoms with E-state index in [1.165, 1.54) is 24.8 Å². The summed E-state index contributed by atoms with van der Waals surface area (Å²) in [7, 11) is 0. The molecule has 1 heterocycles. The molecule has 14 heavy (non-hydrogen) atoms. The van der Waals surface area contributed by atoms with Crippen molar-refractivity contribution >= 4 is 0 Å². The van der Waals surface area contributed by atoms with Crippen LogP contribution in [-0.2, 0) is 5.41 Å². The van der Waals surface area contributed by atoms with Crippen LogP contribution in [0.4, 0.5) is 0 Å². The third-order valence-electron chi connectivity index (χ3n) is 3.02. The summed E-state index contributed by atoms with van der Waals surface area (Å²) in [5.41, 5.74) is 1.83. The molecule has 1 aromatic rings. The maximum atomic E-state index is 4.19. The van der Waals surface area contributed by atoms with Crippen molar-refractivity contribution in [3.05, 3.63) is 30.1 Å². The van der Waals surface area contributed by atoms with Crippen molar-refractivity contribution in [1.82, 2.24) is 10.3 Å². The SMILES string of the molecule is CCCNCC1(c2cccnc2)CC1. The van der Waals surface area contributed by atoms with Gasteiger partial charge in [-0.25, -0.2) is 0 Å². The molecule has 0 atom stereocenters. The van der Waals surface area contributed by atoms with E-state index in [2.05, 4.69) is 23.3 Å². The zero-order chi connectivity index (χ0) is 9.86. The number of hydrogen-bond acceptors (Lipinski definition) is 2. The molecule has 0 saturated heterocycles. The first kappa shape index (κ1) is 9.66. The molecule has 0 bridgehead atoms. The van der Waals surface area contributed by atoms with Crippen LogP contribution in [0.1, 0.15) is 31.7 Å². The Kier molecular flexibility index (Phi) is 2.82. The van der Waals surface area contributed by atoms with Crippen molar-refractivity contribution in [1.29, 1.82) is 0 Å². The van der Waals surface area contributed by atoms with Crippen LogP contribution in [0, 0.1) is 0 Å². The molecular formula is C12H18N2. The van der Waals surface area contributed by atoms with Gasteiger partial charge in [-0.05, 0) is 37.4 Å². The van der Waals surface area contributed by atoms with Gasteiger partial charge in [-0.15, -0.1) is 0 Å². The number of pyridine rings is 1. The van der Waals surface area contributed by atoms with Gasteiger partial charge in [0.25, 0.3) is 0 Å². The van der Waals surface area contributed by atoms with E-state index in [-0.39, 0.29) is 0 Å². The summed E-state index contributed by atoms with van der Waals surface area (Å²) in [4.78, 5) is 4.19. The second kappa shape index (κ2) is 4.09. The zero-order valence-corrected chi connectivity index (χ0v) is 8.79. The maximum absolute atomic E-state index is 4.19. The van der Waals surface area contributed by atoms with Gasteiger partial charge < -0.3 is 5.32 Å². The summed E-state index contributed by atoms with van der Waals surface area (Å²) in [6.45, 7) is 4.45. The normalized spacial score (nSPS) is 18.1. The van der Waals surface area contributed by atoms with E-state index >= 15 is 0 Å². The smallest absolute Gasteiger partial charge is 0.0306 e. The summed E-state index contributed by atoms with van der Waals surface area (Å²) < 4.78 is 0. The molecule has 1 aliphatic rings. The average molecular weight is 190 g/mol. The Morgan fingerprint density at radius 1 is 1.50 bits per heavy atom. The van der Waals surface area contributed by atoms with Gasteiger partial charge in [-0.2, -0.15) is 0 Å². The topological polar surface area (TPSA) is 24.9 Å². The predicted octanol–water partition coefficient (Wildman–Crippen LogP) is 2.11. The molecule has 0 amide bonds. The minimum atomic E-state index is 0.420. The van der Waals surface area contributed by atoms with Crippen LogP contribution < -0.4 is 5.32 Å². The Morgan fingerprint density at radius 3 is 2.93 bits per heavy atom. The van der Waals surface area contributed by atoms with Gasteiger partial charge in [-0.3, -0.25) is 4.98 Å². The van der Waals surface area contributed by atoms with Crippen molar-refractivity contribution < 1.29 is 0 Å².